The number of ether oxygens (including phenoxy) is 1. The van der Waals surface area contributed by atoms with E-state index in [0.717, 1.165) is 22.6 Å². The minimum atomic E-state index is -0.244. The molecule has 0 aromatic heterocycles. The lowest BCUT2D eigenvalue weighted by molar-refractivity contribution is 0.251. The van der Waals surface area contributed by atoms with Gasteiger partial charge in [0.2, 0.25) is 0 Å². The van der Waals surface area contributed by atoms with Crippen molar-refractivity contribution in [3.05, 3.63) is 59.7 Å². The van der Waals surface area contributed by atoms with E-state index in [-0.39, 0.29) is 6.03 Å². The van der Waals surface area contributed by atoms with Crippen LogP contribution in [-0.2, 0) is 13.1 Å². The average Bonchev–Trinajstić information content (AvgIpc) is 2.54. The topological polar surface area (TPSA) is 76.4 Å². The third kappa shape index (κ3) is 4.50. The van der Waals surface area contributed by atoms with Crippen LogP contribution in [0.2, 0.25) is 0 Å². The Morgan fingerprint density at radius 2 is 1.67 bits per heavy atom. The molecule has 0 atom stereocenters. The molecule has 2 aromatic carbocycles. The molecule has 0 spiro atoms. The molecule has 0 heterocycles. The molecule has 0 aliphatic rings. The molecule has 0 radical (unpaired) electrons. The number of hydrogen-bond donors (Lipinski definition) is 3. The fourth-order valence-electron chi connectivity index (χ4n) is 1.83. The fraction of sp³-hybridized carbons (Fsp3) is 0.188. The molecule has 2 rings (SSSR count). The zero-order valence-corrected chi connectivity index (χ0v) is 11.9. The van der Waals surface area contributed by atoms with E-state index >= 15 is 0 Å². The summed E-state index contributed by atoms with van der Waals surface area (Å²) in [5.74, 6) is 0.795. The van der Waals surface area contributed by atoms with Crippen molar-refractivity contribution in [2.45, 2.75) is 13.1 Å². The van der Waals surface area contributed by atoms with Crippen molar-refractivity contribution in [3.8, 4) is 5.75 Å². The molecule has 0 saturated heterocycles. The summed E-state index contributed by atoms with van der Waals surface area (Å²) < 4.78 is 5.08. The van der Waals surface area contributed by atoms with Crippen molar-refractivity contribution in [3.63, 3.8) is 0 Å². The number of carbonyl (C=O) groups is 1. The van der Waals surface area contributed by atoms with Crippen LogP contribution in [0.15, 0.2) is 48.5 Å². The van der Waals surface area contributed by atoms with Crippen molar-refractivity contribution in [2.75, 3.05) is 12.4 Å². The number of methoxy groups -OCH3 is 1. The Bertz CT molecular complexity index is 579. The fourth-order valence-corrected chi connectivity index (χ4v) is 1.83. The lowest BCUT2D eigenvalue weighted by Crippen LogP contribution is -2.28. The predicted octanol–water partition coefficient (Wildman–Crippen LogP) is 2.48. The van der Waals surface area contributed by atoms with Crippen molar-refractivity contribution in [2.24, 2.45) is 5.73 Å². The monoisotopic (exact) mass is 285 g/mol. The molecule has 0 unspecified atom stereocenters. The second kappa shape index (κ2) is 7.31. The largest absolute Gasteiger partial charge is 0.497 e. The molecule has 21 heavy (non-hydrogen) atoms. The van der Waals surface area contributed by atoms with Gasteiger partial charge in [-0.1, -0.05) is 24.3 Å². The van der Waals surface area contributed by atoms with Gasteiger partial charge in [-0.15, -0.1) is 0 Å². The quantitative estimate of drug-likeness (QED) is 0.790. The van der Waals surface area contributed by atoms with E-state index in [1.54, 1.807) is 7.11 Å². The first-order chi connectivity index (χ1) is 10.2. The number of nitrogens with one attached hydrogen (secondary N) is 2. The van der Waals surface area contributed by atoms with Gasteiger partial charge in [0.1, 0.15) is 5.75 Å². The van der Waals surface area contributed by atoms with Crippen LogP contribution in [0.4, 0.5) is 10.5 Å². The van der Waals surface area contributed by atoms with E-state index in [9.17, 15) is 4.79 Å². The molecule has 110 valence electrons. The molecule has 0 saturated carbocycles. The molecule has 5 heteroatoms. The van der Waals surface area contributed by atoms with E-state index in [0.29, 0.717) is 13.1 Å². The highest BCUT2D eigenvalue weighted by atomic mass is 16.5. The van der Waals surface area contributed by atoms with Crippen LogP contribution >= 0.6 is 0 Å². The van der Waals surface area contributed by atoms with Gasteiger partial charge < -0.3 is 21.1 Å². The van der Waals surface area contributed by atoms with Gasteiger partial charge in [-0.05, 0) is 35.4 Å². The van der Waals surface area contributed by atoms with Crippen LogP contribution in [-0.4, -0.2) is 13.1 Å². The van der Waals surface area contributed by atoms with Gasteiger partial charge in [-0.3, -0.25) is 0 Å². The van der Waals surface area contributed by atoms with Gasteiger partial charge >= 0.3 is 6.03 Å². The number of benzene rings is 2. The van der Waals surface area contributed by atoms with Crippen LogP contribution in [0.1, 0.15) is 11.1 Å². The van der Waals surface area contributed by atoms with Crippen molar-refractivity contribution in [1.29, 1.82) is 0 Å². The Hall–Kier alpha value is -2.53. The van der Waals surface area contributed by atoms with Crippen LogP contribution in [0.5, 0.6) is 5.75 Å². The zero-order chi connectivity index (χ0) is 15.1. The summed E-state index contributed by atoms with van der Waals surface area (Å²) in [7, 11) is 1.62. The van der Waals surface area contributed by atoms with Gasteiger partial charge in [-0.2, -0.15) is 0 Å². The summed E-state index contributed by atoms with van der Waals surface area (Å²) in [6.07, 6.45) is 0. The van der Waals surface area contributed by atoms with Gasteiger partial charge in [-0.25, -0.2) is 4.79 Å². The first kappa shape index (κ1) is 14.9. The second-order valence-corrected chi connectivity index (χ2v) is 4.56. The summed E-state index contributed by atoms with van der Waals surface area (Å²) in [6.45, 7) is 0.945. The van der Waals surface area contributed by atoms with Gasteiger partial charge in [0.25, 0.3) is 0 Å². The Kier molecular flexibility index (Phi) is 5.17. The van der Waals surface area contributed by atoms with Crippen LogP contribution in [0, 0.1) is 0 Å². The van der Waals surface area contributed by atoms with Crippen LogP contribution in [0.3, 0.4) is 0 Å². The third-order valence-electron chi connectivity index (χ3n) is 3.06. The van der Waals surface area contributed by atoms with Crippen molar-refractivity contribution in [1.82, 2.24) is 5.32 Å². The van der Waals surface area contributed by atoms with Crippen molar-refractivity contribution >= 4 is 11.7 Å². The maximum absolute atomic E-state index is 11.8. The van der Waals surface area contributed by atoms with Gasteiger partial charge in [0, 0.05) is 18.8 Å². The number of rotatable bonds is 5. The molecular formula is C16H19N3O2. The molecule has 5 nitrogen and oxygen atoms in total. The number of amides is 2. The summed E-state index contributed by atoms with van der Waals surface area (Å²) >= 11 is 0. The minimum absolute atomic E-state index is 0.244. The summed E-state index contributed by atoms with van der Waals surface area (Å²) in [4.78, 5) is 11.8. The van der Waals surface area contributed by atoms with E-state index in [2.05, 4.69) is 10.6 Å². The molecule has 0 bridgehead atoms. The van der Waals surface area contributed by atoms with Gasteiger partial charge in [0.05, 0.1) is 7.11 Å². The highest BCUT2D eigenvalue weighted by Crippen LogP contribution is 2.11. The maximum atomic E-state index is 11.8. The maximum Gasteiger partial charge on any atom is 0.319 e. The number of anilines is 1. The van der Waals surface area contributed by atoms with Crippen LogP contribution < -0.4 is 21.1 Å². The van der Waals surface area contributed by atoms with Crippen LogP contribution in [0.25, 0.3) is 0 Å². The third-order valence-corrected chi connectivity index (χ3v) is 3.06. The Morgan fingerprint density at radius 3 is 2.24 bits per heavy atom. The lowest BCUT2D eigenvalue weighted by Gasteiger charge is -2.08. The molecule has 0 fully saturated rings. The number of hydrogen-bond acceptors (Lipinski definition) is 3. The highest BCUT2D eigenvalue weighted by molar-refractivity contribution is 5.89. The number of carbonyl (C=O) groups excluding carboxylic acids is 1. The first-order valence-corrected chi connectivity index (χ1v) is 6.68. The lowest BCUT2D eigenvalue weighted by atomic mass is 10.2. The van der Waals surface area contributed by atoms with E-state index in [1.165, 1.54) is 0 Å². The average molecular weight is 285 g/mol. The molecular weight excluding hydrogens is 266 g/mol. The number of nitrogens with two attached hydrogens (primary N) is 1. The van der Waals surface area contributed by atoms with Crippen molar-refractivity contribution < 1.29 is 9.53 Å². The molecule has 4 N–H and O–H groups in total. The minimum Gasteiger partial charge on any atom is -0.497 e. The Morgan fingerprint density at radius 1 is 1.05 bits per heavy atom. The predicted molar refractivity (Wildman–Crippen MR) is 83.2 cm³/mol. The summed E-state index contributed by atoms with van der Waals surface area (Å²) in [6, 6.07) is 14.7. The number of urea groups is 1. The highest BCUT2D eigenvalue weighted by Gasteiger charge is 2.02. The Labute approximate surface area is 124 Å². The molecule has 2 aromatic rings. The molecule has 0 aliphatic heterocycles. The summed E-state index contributed by atoms with van der Waals surface area (Å²) in [5, 5.41) is 5.57. The zero-order valence-electron chi connectivity index (χ0n) is 11.9. The van der Waals surface area contributed by atoms with E-state index < -0.39 is 0 Å². The first-order valence-electron chi connectivity index (χ1n) is 6.68. The SMILES string of the molecule is COc1ccc(CNC(=O)Nc2ccc(CN)cc2)cc1. The summed E-state index contributed by atoms with van der Waals surface area (Å²) in [5.41, 5.74) is 8.29. The second-order valence-electron chi connectivity index (χ2n) is 4.56. The standard InChI is InChI=1S/C16H19N3O2/c1-21-15-8-4-13(5-9-15)11-18-16(20)19-14-6-2-12(10-17)3-7-14/h2-9H,10-11,17H2,1H3,(H2,18,19,20). The normalized spacial score (nSPS) is 10.0. The van der Waals surface area contributed by atoms with E-state index in [1.807, 2.05) is 48.5 Å². The smallest absolute Gasteiger partial charge is 0.319 e. The molecule has 2 amide bonds. The van der Waals surface area contributed by atoms with Gasteiger partial charge in [0.15, 0.2) is 0 Å². The van der Waals surface area contributed by atoms with E-state index in [4.69, 9.17) is 10.5 Å². The Balaban J connectivity index is 1.83. The molecule has 0 aliphatic carbocycles.